The molecule has 2 unspecified atom stereocenters. The number of carbonyl (C=O) groups excluding carboxylic acids is 1. The Bertz CT molecular complexity index is 197. The second-order valence-corrected chi connectivity index (χ2v) is 5.03. The zero-order valence-corrected chi connectivity index (χ0v) is 10.7. The molecule has 0 aromatic rings. The van der Waals surface area contributed by atoms with Crippen LogP contribution in [0.1, 0.15) is 20.8 Å². The molecular formula is C10H21NO3S. The molecule has 90 valence electrons. The molecule has 0 aliphatic rings. The van der Waals surface area contributed by atoms with Gasteiger partial charge in [0.1, 0.15) is 0 Å². The highest BCUT2D eigenvalue weighted by Crippen LogP contribution is 2.06. The van der Waals surface area contributed by atoms with Crippen LogP contribution in [0.5, 0.6) is 0 Å². The van der Waals surface area contributed by atoms with Crippen LogP contribution < -0.4 is 5.32 Å². The van der Waals surface area contributed by atoms with Gasteiger partial charge in [0.25, 0.3) is 0 Å². The lowest BCUT2D eigenvalue weighted by Gasteiger charge is -2.23. The number of hydrogen-bond acceptors (Lipinski definition) is 5. The van der Waals surface area contributed by atoms with E-state index in [4.69, 9.17) is 0 Å². The van der Waals surface area contributed by atoms with Gasteiger partial charge in [-0.1, -0.05) is 6.92 Å². The van der Waals surface area contributed by atoms with E-state index in [0.717, 1.165) is 11.5 Å². The standard InChI is InChI=1S/C10H21NO3S/c1-5-15-6-8(2)11-7-10(3,13)9(12)14-4/h8,11,13H,5-7H2,1-4H3. The van der Waals surface area contributed by atoms with Gasteiger partial charge in [0, 0.05) is 18.3 Å². The highest BCUT2D eigenvalue weighted by atomic mass is 32.2. The number of methoxy groups -OCH3 is 1. The van der Waals surface area contributed by atoms with Crippen molar-refractivity contribution in [2.75, 3.05) is 25.2 Å². The predicted octanol–water partition coefficient (Wildman–Crippen LogP) is 0.642. The number of rotatable bonds is 7. The minimum atomic E-state index is -1.44. The maximum absolute atomic E-state index is 11.1. The third kappa shape index (κ3) is 6.02. The van der Waals surface area contributed by atoms with E-state index in [1.807, 2.05) is 18.7 Å². The quantitative estimate of drug-likeness (QED) is 0.634. The molecule has 5 heteroatoms. The number of carbonyl (C=O) groups is 1. The van der Waals surface area contributed by atoms with Gasteiger partial charge in [0.15, 0.2) is 5.60 Å². The molecule has 0 aliphatic heterocycles. The number of ether oxygens (including phenoxy) is 1. The summed E-state index contributed by atoms with van der Waals surface area (Å²) in [6, 6.07) is 0.270. The molecule has 0 aromatic heterocycles. The van der Waals surface area contributed by atoms with E-state index in [2.05, 4.69) is 17.0 Å². The van der Waals surface area contributed by atoms with E-state index in [1.165, 1.54) is 14.0 Å². The molecule has 0 bridgehead atoms. The molecule has 0 aromatic carbocycles. The van der Waals surface area contributed by atoms with Crippen molar-refractivity contribution in [3.8, 4) is 0 Å². The molecule has 15 heavy (non-hydrogen) atoms. The van der Waals surface area contributed by atoms with Gasteiger partial charge in [-0.25, -0.2) is 4.79 Å². The zero-order chi connectivity index (χ0) is 11.9. The Hall–Kier alpha value is -0.260. The van der Waals surface area contributed by atoms with Gasteiger partial charge in [-0.05, 0) is 19.6 Å². The van der Waals surface area contributed by atoms with Crippen molar-refractivity contribution in [1.82, 2.24) is 5.32 Å². The lowest BCUT2D eigenvalue weighted by molar-refractivity contribution is -0.160. The van der Waals surface area contributed by atoms with Crippen molar-refractivity contribution in [1.29, 1.82) is 0 Å². The Balaban J connectivity index is 3.87. The zero-order valence-electron chi connectivity index (χ0n) is 9.87. The summed E-state index contributed by atoms with van der Waals surface area (Å²) in [6.45, 7) is 5.79. The number of aliphatic hydroxyl groups is 1. The average molecular weight is 235 g/mol. The summed E-state index contributed by atoms with van der Waals surface area (Å²) in [5.41, 5.74) is -1.44. The molecule has 0 aliphatic carbocycles. The van der Waals surface area contributed by atoms with Gasteiger partial charge in [0.05, 0.1) is 7.11 Å². The van der Waals surface area contributed by atoms with Crippen LogP contribution in [0.25, 0.3) is 0 Å². The SMILES string of the molecule is CCSCC(C)NCC(C)(O)C(=O)OC. The fraction of sp³-hybridized carbons (Fsp3) is 0.900. The molecule has 0 saturated carbocycles. The summed E-state index contributed by atoms with van der Waals surface area (Å²) in [7, 11) is 1.27. The van der Waals surface area contributed by atoms with E-state index in [1.54, 1.807) is 0 Å². The Morgan fingerprint density at radius 1 is 1.67 bits per heavy atom. The van der Waals surface area contributed by atoms with E-state index in [9.17, 15) is 9.90 Å². The third-order valence-corrected chi connectivity index (χ3v) is 3.14. The summed E-state index contributed by atoms with van der Waals surface area (Å²) in [5, 5.41) is 12.8. The van der Waals surface area contributed by atoms with Gasteiger partial charge >= 0.3 is 5.97 Å². The second kappa shape index (κ2) is 7.09. The summed E-state index contributed by atoms with van der Waals surface area (Å²) >= 11 is 1.82. The van der Waals surface area contributed by atoms with Gasteiger partial charge in [-0.2, -0.15) is 11.8 Å². The van der Waals surface area contributed by atoms with Crippen LogP contribution in [0.2, 0.25) is 0 Å². The van der Waals surface area contributed by atoms with E-state index < -0.39 is 11.6 Å². The van der Waals surface area contributed by atoms with Crippen molar-refractivity contribution >= 4 is 17.7 Å². The van der Waals surface area contributed by atoms with Crippen LogP contribution >= 0.6 is 11.8 Å². The number of esters is 1. The first-order valence-corrected chi connectivity index (χ1v) is 6.21. The van der Waals surface area contributed by atoms with Crippen LogP contribution in [0.15, 0.2) is 0 Å². The van der Waals surface area contributed by atoms with Crippen LogP contribution in [-0.4, -0.2) is 47.9 Å². The third-order valence-electron chi connectivity index (χ3n) is 1.99. The molecule has 0 radical (unpaired) electrons. The van der Waals surface area contributed by atoms with Gasteiger partial charge < -0.3 is 15.2 Å². The fourth-order valence-corrected chi connectivity index (χ4v) is 1.73. The summed E-state index contributed by atoms with van der Waals surface area (Å²) in [5.74, 6) is 1.43. The van der Waals surface area contributed by atoms with Crippen LogP contribution in [0.3, 0.4) is 0 Å². The van der Waals surface area contributed by atoms with Crippen molar-refractivity contribution < 1.29 is 14.6 Å². The maximum Gasteiger partial charge on any atom is 0.338 e. The normalized spacial score (nSPS) is 16.9. The summed E-state index contributed by atoms with van der Waals surface area (Å²) < 4.78 is 4.49. The van der Waals surface area contributed by atoms with Crippen LogP contribution in [0, 0.1) is 0 Å². The van der Waals surface area contributed by atoms with Gasteiger partial charge in [0.2, 0.25) is 0 Å². The fourth-order valence-electron chi connectivity index (χ4n) is 1.02. The number of hydrogen-bond donors (Lipinski definition) is 2. The number of thioether (sulfide) groups is 1. The first-order chi connectivity index (χ1) is 6.94. The molecule has 0 saturated heterocycles. The predicted molar refractivity (Wildman–Crippen MR) is 63.1 cm³/mol. The monoisotopic (exact) mass is 235 g/mol. The van der Waals surface area contributed by atoms with Crippen molar-refractivity contribution in [2.45, 2.75) is 32.4 Å². The minimum Gasteiger partial charge on any atom is -0.467 e. The molecular weight excluding hydrogens is 214 g/mol. The average Bonchev–Trinajstić information content (AvgIpc) is 2.22. The minimum absolute atomic E-state index is 0.213. The first kappa shape index (κ1) is 14.7. The molecule has 0 amide bonds. The van der Waals surface area contributed by atoms with Gasteiger partial charge in [-0.15, -0.1) is 0 Å². The topological polar surface area (TPSA) is 58.6 Å². The Kier molecular flexibility index (Phi) is 6.96. The Morgan fingerprint density at radius 2 is 2.27 bits per heavy atom. The van der Waals surface area contributed by atoms with Crippen molar-refractivity contribution in [3.63, 3.8) is 0 Å². The molecule has 2 atom stereocenters. The summed E-state index contributed by atoms with van der Waals surface area (Å²) in [4.78, 5) is 11.1. The molecule has 0 fully saturated rings. The van der Waals surface area contributed by atoms with E-state index in [-0.39, 0.29) is 12.6 Å². The summed E-state index contributed by atoms with van der Waals surface area (Å²) in [6.07, 6.45) is 0. The molecule has 4 nitrogen and oxygen atoms in total. The molecule has 0 spiro atoms. The Morgan fingerprint density at radius 3 is 2.73 bits per heavy atom. The molecule has 2 N–H and O–H groups in total. The first-order valence-electron chi connectivity index (χ1n) is 5.06. The van der Waals surface area contributed by atoms with Crippen LogP contribution in [-0.2, 0) is 9.53 Å². The lowest BCUT2D eigenvalue weighted by atomic mass is 10.1. The highest BCUT2D eigenvalue weighted by Gasteiger charge is 2.31. The Labute approximate surface area is 95.8 Å². The smallest absolute Gasteiger partial charge is 0.338 e. The van der Waals surface area contributed by atoms with Crippen molar-refractivity contribution in [2.24, 2.45) is 0 Å². The van der Waals surface area contributed by atoms with E-state index in [0.29, 0.717) is 0 Å². The molecule has 0 heterocycles. The second-order valence-electron chi connectivity index (χ2n) is 3.71. The maximum atomic E-state index is 11.1. The number of nitrogens with one attached hydrogen (secondary N) is 1. The highest BCUT2D eigenvalue weighted by molar-refractivity contribution is 7.99. The van der Waals surface area contributed by atoms with Crippen LogP contribution in [0.4, 0.5) is 0 Å². The molecule has 0 rings (SSSR count). The lowest BCUT2D eigenvalue weighted by Crippen LogP contribution is -2.48. The van der Waals surface area contributed by atoms with E-state index >= 15 is 0 Å². The largest absolute Gasteiger partial charge is 0.467 e. The van der Waals surface area contributed by atoms with Gasteiger partial charge in [-0.3, -0.25) is 0 Å². The van der Waals surface area contributed by atoms with Crippen molar-refractivity contribution in [3.05, 3.63) is 0 Å².